The van der Waals surface area contributed by atoms with Crippen LogP contribution in [0, 0.1) is 0 Å². The zero-order chi connectivity index (χ0) is 15.4. The van der Waals surface area contributed by atoms with E-state index in [2.05, 4.69) is 45.1 Å². The highest BCUT2D eigenvalue weighted by Crippen LogP contribution is 2.33. The summed E-state index contributed by atoms with van der Waals surface area (Å²) in [6.07, 6.45) is 1.70. The van der Waals surface area contributed by atoms with Crippen LogP contribution in [-0.4, -0.2) is 17.0 Å². The quantitative estimate of drug-likeness (QED) is 0.840. The summed E-state index contributed by atoms with van der Waals surface area (Å²) >= 11 is 9.56. The third-order valence-corrected chi connectivity index (χ3v) is 3.63. The summed E-state index contributed by atoms with van der Waals surface area (Å²) in [7, 11) is 1.87. The molecule has 4 nitrogen and oxygen atoms in total. The number of rotatable bonds is 5. The van der Waals surface area contributed by atoms with Gasteiger partial charge in [0.25, 0.3) is 0 Å². The lowest BCUT2D eigenvalue weighted by Gasteiger charge is -2.13. The van der Waals surface area contributed by atoms with Crippen molar-refractivity contribution in [2.24, 2.45) is 0 Å². The summed E-state index contributed by atoms with van der Waals surface area (Å²) < 4.78 is 6.78. The first-order chi connectivity index (χ1) is 10.0. The maximum absolute atomic E-state index is 6.15. The third-order valence-electron chi connectivity index (χ3n) is 2.82. The molecule has 0 saturated carbocycles. The Labute approximate surface area is 138 Å². The topological polar surface area (TPSA) is 47.0 Å². The van der Waals surface area contributed by atoms with E-state index in [0.29, 0.717) is 23.1 Å². The first-order valence-electron chi connectivity index (χ1n) is 6.64. The SMILES string of the molecule is CNCc1nc(C(C)C)ncc1Oc1cc(Br)ccc1Cl. The van der Waals surface area contributed by atoms with Crippen molar-refractivity contribution in [3.63, 3.8) is 0 Å². The van der Waals surface area contributed by atoms with Gasteiger partial charge in [-0.1, -0.05) is 41.4 Å². The number of nitrogens with one attached hydrogen (secondary N) is 1. The van der Waals surface area contributed by atoms with Crippen LogP contribution in [-0.2, 0) is 6.54 Å². The summed E-state index contributed by atoms with van der Waals surface area (Å²) in [4.78, 5) is 8.91. The van der Waals surface area contributed by atoms with Gasteiger partial charge >= 0.3 is 0 Å². The fourth-order valence-electron chi connectivity index (χ4n) is 1.75. The van der Waals surface area contributed by atoms with Crippen LogP contribution in [0.3, 0.4) is 0 Å². The molecule has 2 aromatic rings. The molecule has 0 bridgehead atoms. The van der Waals surface area contributed by atoms with Crippen molar-refractivity contribution >= 4 is 27.5 Å². The van der Waals surface area contributed by atoms with Crippen molar-refractivity contribution in [3.05, 3.63) is 45.4 Å². The molecule has 112 valence electrons. The van der Waals surface area contributed by atoms with Crippen molar-refractivity contribution in [2.45, 2.75) is 26.3 Å². The molecule has 0 unspecified atom stereocenters. The molecular formula is C15H17BrClN3O. The monoisotopic (exact) mass is 369 g/mol. The van der Waals surface area contributed by atoms with Gasteiger partial charge in [-0.25, -0.2) is 9.97 Å². The van der Waals surface area contributed by atoms with Crippen LogP contribution in [0.4, 0.5) is 0 Å². The van der Waals surface area contributed by atoms with E-state index >= 15 is 0 Å². The molecule has 1 aromatic carbocycles. The number of nitrogens with zero attached hydrogens (tertiary/aromatic N) is 2. The number of aromatic nitrogens is 2. The Morgan fingerprint density at radius 2 is 2.10 bits per heavy atom. The summed E-state index contributed by atoms with van der Waals surface area (Å²) in [5.74, 6) is 2.25. The van der Waals surface area contributed by atoms with Crippen molar-refractivity contribution < 1.29 is 4.74 Å². The predicted octanol–water partition coefficient (Wildman–Crippen LogP) is 4.53. The van der Waals surface area contributed by atoms with E-state index in [0.717, 1.165) is 16.0 Å². The van der Waals surface area contributed by atoms with Crippen LogP contribution in [0.5, 0.6) is 11.5 Å². The van der Waals surface area contributed by atoms with E-state index in [9.17, 15) is 0 Å². The molecule has 0 atom stereocenters. The van der Waals surface area contributed by atoms with Crippen molar-refractivity contribution in [2.75, 3.05) is 7.05 Å². The Morgan fingerprint density at radius 3 is 2.76 bits per heavy atom. The number of halogens is 2. The molecule has 0 spiro atoms. The minimum Gasteiger partial charge on any atom is -0.452 e. The maximum Gasteiger partial charge on any atom is 0.168 e. The Hall–Kier alpha value is -1.17. The molecule has 1 N–H and O–H groups in total. The van der Waals surface area contributed by atoms with E-state index < -0.39 is 0 Å². The molecule has 1 heterocycles. The van der Waals surface area contributed by atoms with Crippen LogP contribution in [0.25, 0.3) is 0 Å². The lowest BCUT2D eigenvalue weighted by molar-refractivity contribution is 0.464. The number of benzene rings is 1. The Morgan fingerprint density at radius 1 is 1.33 bits per heavy atom. The number of hydrogen-bond acceptors (Lipinski definition) is 4. The van der Waals surface area contributed by atoms with Gasteiger partial charge in [0.05, 0.1) is 11.2 Å². The van der Waals surface area contributed by atoms with E-state index in [1.54, 1.807) is 12.3 Å². The minimum atomic E-state index is 0.268. The molecule has 0 aliphatic heterocycles. The zero-order valence-corrected chi connectivity index (χ0v) is 14.5. The van der Waals surface area contributed by atoms with Gasteiger partial charge in [0.15, 0.2) is 5.75 Å². The molecule has 0 amide bonds. The Balaban J connectivity index is 2.36. The van der Waals surface area contributed by atoms with Crippen molar-refractivity contribution in [3.8, 4) is 11.5 Å². The normalized spacial score (nSPS) is 11.0. The van der Waals surface area contributed by atoms with E-state index in [1.165, 1.54) is 0 Å². The molecule has 6 heteroatoms. The van der Waals surface area contributed by atoms with Gasteiger partial charge in [0, 0.05) is 16.9 Å². The summed E-state index contributed by atoms with van der Waals surface area (Å²) in [6.45, 7) is 4.72. The van der Waals surface area contributed by atoms with Crippen LogP contribution >= 0.6 is 27.5 Å². The summed E-state index contributed by atoms with van der Waals surface area (Å²) in [5, 5.41) is 3.63. The highest BCUT2D eigenvalue weighted by molar-refractivity contribution is 9.10. The largest absolute Gasteiger partial charge is 0.452 e. The Bertz CT molecular complexity index is 634. The average Bonchev–Trinajstić information content (AvgIpc) is 2.44. The minimum absolute atomic E-state index is 0.268. The van der Waals surface area contributed by atoms with Gasteiger partial charge in [0.2, 0.25) is 0 Å². The van der Waals surface area contributed by atoms with Gasteiger partial charge in [-0.2, -0.15) is 0 Å². The summed E-state index contributed by atoms with van der Waals surface area (Å²) in [5.41, 5.74) is 0.812. The Kier molecular flexibility index (Phi) is 5.56. The maximum atomic E-state index is 6.15. The second kappa shape index (κ2) is 7.20. The van der Waals surface area contributed by atoms with Gasteiger partial charge in [-0.3, -0.25) is 0 Å². The van der Waals surface area contributed by atoms with Gasteiger partial charge in [-0.05, 0) is 25.2 Å². The molecule has 0 radical (unpaired) electrons. The van der Waals surface area contributed by atoms with Crippen LogP contribution in [0.15, 0.2) is 28.9 Å². The van der Waals surface area contributed by atoms with Gasteiger partial charge < -0.3 is 10.1 Å². The van der Waals surface area contributed by atoms with E-state index in [1.807, 2.05) is 19.2 Å². The lowest BCUT2D eigenvalue weighted by Crippen LogP contribution is -2.11. The van der Waals surface area contributed by atoms with E-state index in [-0.39, 0.29) is 5.92 Å². The number of hydrogen-bond donors (Lipinski definition) is 1. The zero-order valence-electron chi connectivity index (χ0n) is 12.2. The van der Waals surface area contributed by atoms with Gasteiger partial charge in [0.1, 0.15) is 17.3 Å². The molecule has 1 aromatic heterocycles. The first kappa shape index (κ1) is 16.2. The van der Waals surface area contributed by atoms with Crippen molar-refractivity contribution in [1.82, 2.24) is 15.3 Å². The third kappa shape index (κ3) is 4.15. The molecule has 2 rings (SSSR count). The summed E-state index contributed by atoms with van der Waals surface area (Å²) in [6, 6.07) is 5.46. The molecule has 0 fully saturated rings. The fraction of sp³-hybridized carbons (Fsp3) is 0.333. The molecular weight excluding hydrogens is 354 g/mol. The van der Waals surface area contributed by atoms with Crippen LogP contribution in [0.2, 0.25) is 5.02 Å². The fourth-order valence-corrected chi connectivity index (χ4v) is 2.25. The van der Waals surface area contributed by atoms with Gasteiger partial charge in [-0.15, -0.1) is 0 Å². The first-order valence-corrected chi connectivity index (χ1v) is 7.81. The van der Waals surface area contributed by atoms with E-state index in [4.69, 9.17) is 16.3 Å². The smallest absolute Gasteiger partial charge is 0.168 e. The molecule has 0 aliphatic rings. The second-order valence-electron chi connectivity index (χ2n) is 4.90. The molecule has 0 aliphatic carbocycles. The van der Waals surface area contributed by atoms with Crippen LogP contribution in [0.1, 0.15) is 31.3 Å². The average molecular weight is 371 g/mol. The predicted molar refractivity (Wildman–Crippen MR) is 88.1 cm³/mol. The van der Waals surface area contributed by atoms with Crippen molar-refractivity contribution in [1.29, 1.82) is 0 Å². The second-order valence-corrected chi connectivity index (χ2v) is 6.22. The van der Waals surface area contributed by atoms with Crippen LogP contribution < -0.4 is 10.1 Å². The highest BCUT2D eigenvalue weighted by Gasteiger charge is 2.13. The highest BCUT2D eigenvalue weighted by atomic mass is 79.9. The standard InChI is InChI=1S/C15H17BrClN3O/c1-9(2)15-19-8-14(12(20-15)7-18-3)21-13-6-10(16)4-5-11(13)17/h4-6,8-9,18H,7H2,1-3H3. The number of ether oxygens (including phenoxy) is 1. The lowest BCUT2D eigenvalue weighted by atomic mass is 10.2. The molecule has 0 saturated heterocycles. The molecule has 21 heavy (non-hydrogen) atoms.